The molecule has 1 rings (SSSR count). The molecule has 1 aromatic carbocycles. The van der Waals surface area contributed by atoms with E-state index < -0.39 is 0 Å². The number of benzene rings is 1. The molecule has 1 aromatic rings. The van der Waals surface area contributed by atoms with Crippen molar-refractivity contribution in [2.45, 2.75) is 6.92 Å². The number of hydrogen-bond acceptors (Lipinski definition) is 1. The summed E-state index contributed by atoms with van der Waals surface area (Å²) in [4.78, 5) is 10.0. The van der Waals surface area contributed by atoms with Gasteiger partial charge >= 0.3 is 0 Å². The van der Waals surface area contributed by atoms with Gasteiger partial charge in [-0.3, -0.25) is 4.79 Å². The van der Waals surface area contributed by atoms with Gasteiger partial charge in [0.15, 0.2) is 0 Å². The molecule has 0 aliphatic carbocycles. The van der Waals surface area contributed by atoms with E-state index in [0.29, 0.717) is 0 Å². The lowest BCUT2D eigenvalue weighted by atomic mass is 10.1. The number of allylic oxidation sites excluding steroid dienone is 1. The Morgan fingerprint density at radius 2 is 2.17 bits per heavy atom. The fourth-order valence-electron chi connectivity index (χ4n) is 0.863. The highest BCUT2D eigenvalue weighted by Gasteiger charge is 1.93. The van der Waals surface area contributed by atoms with Crippen LogP contribution in [0.3, 0.4) is 0 Å². The van der Waals surface area contributed by atoms with Crippen molar-refractivity contribution in [1.82, 2.24) is 0 Å². The van der Waals surface area contributed by atoms with Gasteiger partial charge in [0, 0.05) is 5.02 Å². The molecule has 12 heavy (non-hydrogen) atoms. The van der Waals surface area contributed by atoms with Gasteiger partial charge in [-0.25, -0.2) is 0 Å². The van der Waals surface area contributed by atoms with E-state index in [1.54, 1.807) is 6.08 Å². The maximum atomic E-state index is 10.0. The molecule has 0 spiro atoms. The predicted octanol–water partition coefficient (Wildman–Crippen LogP) is 2.86. The molecule has 0 bridgehead atoms. The summed E-state index contributed by atoms with van der Waals surface area (Å²) in [7, 11) is 0. The molecule has 0 fully saturated rings. The molecule has 2 heteroatoms. The SMILES string of the molecule is Cc1ccc(/C=C/C=O)cc1Cl. The smallest absolute Gasteiger partial charge is 0.142 e. The van der Waals surface area contributed by atoms with E-state index in [2.05, 4.69) is 0 Å². The highest BCUT2D eigenvalue weighted by Crippen LogP contribution is 2.17. The van der Waals surface area contributed by atoms with E-state index in [-0.39, 0.29) is 0 Å². The van der Waals surface area contributed by atoms with Crippen LogP contribution in [0.25, 0.3) is 6.08 Å². The molecule has 0 aliphatic heterocycles. The maximum absolute atomic E-state index is 10.0. The second-order valence-corrected chi connectivity index (χ2v) is 2.91. The van der Waals surface area contributed by atoms with E-state index >= 15 is 0 Å². The van der Waals surface area contributed by atoms with Gasteiger partial charge in [-0.1, -0.05) is 29.8 Å². The largest absolute Gasteiger partial charge is 0.299 e. The minimum atomic E-state index is 0.725. The van der Waals surface area contributed by atoms with Crippen LogP contribution in [-0.2, 0) is 4.79 Å². The van der Waals surface area contributed by atoms with Gasteiger partial charge < -0.3 is 0 Å². The third kappa shape index (κ3) is 2.21. The zero-order valence-corrected chi connectivity index (χ0v) is 7.51. The number of hydrogen-bond donors (Lipinski definition) is 0. The minimum absolute atomic E-state index is 0.725. The molecule has 0 heterocycles. The number of rotatable bonds is 2. The van der Waals surface area contributed by atoms with Crippen molar-refractivity contribution in [1.29, 1.82) is 0 Å². The highest BCUT2D eigenvalue weighted by molar-refractivity contribution is 6.31. The van der Waals surface area contributed by atoms with Gasteiger partial charge in [-0.2, -0.15) is 0 Å². The summed E-state index contributed by atoms with van der Waals surface area (Å²) in [6.07, 6.45) is 3.91. The molecular formula is C10H9ClO. The molecule has 0 unspecified atom stereocenters. The quantitative estimate of drug-likeness (QED) is 0.505. The first-order chi connectivity index (χ1) is 5.74. The van der Waals surface area contributed by atoms with Gasteiger partial charge in [0.1, 0.15) is 6.29 Å². The van der Waals surface area contributed by atoms with Crippen LogP contribution < -0.4 is 0 Å². The summed E-state index contributed by atoms with van der Waals surface area (Å²) in [5.41, 5.74) is 1.98. The Morgan fingerprint density at radius 3 is 2.75 bits per heavy atom. The molecule has 62 valence electrons. The molecule has 0 radical (unpaired) electrons. The molecule has 0 aromatic heterocycles. The topological polar surface area (TPSA) is 17.1 Å². The first-order valence-electron chi connectivity index (χ1n) is 3.62. The lowest BCUT2D eigenvalue weighted by Crippen LogP contribution is -1.77. The summed E-state index contributed by atoms with van der Waals surface area (Å²) < 4.78 is 0. The zero-order valence-electron chi connectivity index (χ0n) is 6.75. The van der Waals surface area contributed by atoms with Crippen molar-refractivity contribution in [2.75, 3.05) is 0 Å². The third-order valence-electron chi connectivity index (χ3n) is 1.56. The fraction of sp³-hybridized carbons (Fsp3) is 0.100. The molecule has 0 aliphatic rings. The van der Waals surface area contributed by atoms with Crippen LogP contribution in [0.1, 0.15) is 11.1 Å². The van der Waals surface area contributed by atoms with Crippen molar-refractivity contribution in [3.05, 3.63) is 40.4 Å². The monoisotopic (exact) mass is 180 g/mol. The van der Waals surface area contributed by atoms with Crippen molar-refractivity contribution < 1.29 is 4.79 Å². The van der Waals surface area contributed by atoms with Gasteiger partial charge in [-0.05, 0) is 30.2 Å². The Kier molecular flexibility index (Phi) is 3.06. The summed E-state index contributed by atoms with van der Waals surface area (Å²) in [5, 5.41) is 0.725. The number of halogens is 1. The Morgan fingerprint density at radius 1 is 1.42 bits per heavy atom. The van der Waals surface area contributed by atoms with Crippen molar-refractivity contribution in [3.8, 4) is 0 Å². The molecular weight excluding hydrogens is 172 g/mol. The van der Waals surface area contributed by atoms with Crippen LogP contribution in [0.4, 0.5) is 0 Å². The number of carbonyl (C=O) groups is 1. The second-order valence-electron chi connectivity index (χ2n) is 2.50. The molecule has 0 N–H and O–H groups in total. The van der Waals surface area contributed by atoms with Crippen molar-refractivity contribution in [3.63, 3.8) is 0 Å². The fourth-order valence-corrected chi connectivity index (χ4v) is 1.05. The first-order valence-corrected chi connectivity index (χ1v) is 4.00. The van der Waals surface area contributed by atoms with Gasteiger partial charge in [0.2, 0.25) is 0 Å². The Labute approximate surface area is 76.7 Å². The number of aryl methyl sites for hydroxylation is 1. The van der Waals surface area contributed by atoms with Crippen LogP contribution in [0.15, 0.2) is 24.3 Å². The molecule has 0 saturated heterocycles. The molecule has 0 atom stereocenters. The van der Waals surface area contributed by atoms with Crippen LogP contribution in [0, 0.1) is 6.92 Å². The Balaban J connectivity index is 2.96. The first kappa shape index (κ1) is 9.01. The van der Waals surface area contributed by atoms with E-state index in [0.717, 1.165) is 22.4 Å². The molecule has 0 saturated carbocycles. The Bertz CT molecular complexity index is 316. The van der Waals surface area contributed by atoms with E-state index in [4.69, 9.17) is 11.6 Å². The van der Waals surface area contributed by atoms with Gasteiger partial charge in [-0.15, -0.1) is 0 Å². The van der Waals surface area contributed by atoms with Crippen LogP contribution >= 0.6 is 11.6 Å². The standard InChI is InChI=1S/C10H9ClO/c1-8-4-5-9(3-2-6-12)7-10(8)11/h2-7H,1H3/b3-2+. The lowest BCUT2D eigenvalue weighted by molar-refractivity contribution is -0.104. The predicted molar refractivity (Wildman–Crippen MR) is 51.3 cm³/mol. The number of carbonyl (C=O) groups excluding carboxylic acids is 1. The van der Waals surface area contributed by atoms with Crippen LogP contribution in [0.5, 0.6) is 0 Å². The third-order valence-corrected chi connectivity index (χ3v) is 1.97. The van der Waals surface area contributed by atoms with E-state index in [9.17, 15) is 4.79 Å². The van der Waals surface area contributed by atoms with E-state index in [1.807, 2.05) is 25.1 Å². The zero-order chi connectivity index (χ0) is 8.97. The van der Waals surface area contributed by atoms with Gasteiger partial charge in [0.05, 0.1) is 0 Å². The van der Waals surface area contributed by atoms with Crippen molar-refractivity contribution in [2.24, 2.45) is 0 Å². The van der Waals surface area contributed by atoms with Crippen LogP contribution in [-0.4, -0.2) is 6.29 Å². The average Bonchev–Trinajstić information content (AvgIpc) is 2.07. The van der Waals surface area contributed by atoms with Crippen molar-refractivity contribution >= 4 is 24.0 Å². The second kappa shape index (κ2) is 4.07. The lowest BCUT2D eigenvalue weighted by Gasteiger charge is -1.97. The normalized spacial score (nSPS) is 10.5. The maximum Gasteiger partial charge on any atom is 0.142 e. The minimum Gasteiger partial charge on any atom is -0.299 e. The summed E-state index contributed by atoms with van der Waals surface area (Å²) in [6, 6.07) is 5.67. The average molecular weight is 181 g/mol. The summed E-state index contributed by atoms with van der Waals surface area (Å²) in [5.74, 6) is 0. The number of aldehydes is 1. The summed E-state index contributed by atoms with van der Waals surface area (Å²) in [6.45, 7) is 1.94. The molecule has 1 nitrogen and oxygen atoms in total. The highest BCUT2D eigenvalue weighted by atomic mass is 35.5. The molecule has 0 amide bonds. The van der Waals surface area contributed by atoms with E-state index in [1.165, 1.54) is 6.08 Å². The van der Waals surface area contributed by atoms with Crippen LogP contribution in [0.2, 0.25) is 5.02 Å². The van der Waals surface area contributed by atoms with Gasteiger partial charge in [0.25, 0.3) is 0 Å². The summed E-state index contributed by atoms with van der Waals surface area (Å²) >= 11 is 5.87. The Hall–Kier alpha value is -1.08.